The summed E-state index contributed by atoms with van der Waals surface area (Å²) in [5, 5.41) is 0. The summed E-state index contributed by atoms with van der Waals surface area (Å²) in [6, 6.07) is 0. The summed E-state index contributed by atoms with van der Waals surface area (Å²) in [6.45, 7) is 14.4. The van der Waals surface area contributed by atoms with Gasteiger partial charge in [-0.2, -0.15) is 0 Å². The number of rotatable bonds is 0. The summed E-state index contributed by atoms with van der Waals surface area (Å²) in [4.78, 5) is 15.4. The third-order valence-corrected chi connectivity index (χ3v) is 4.81. The first-order valence-corrected chi connectivity index (χ1v) is 10.2. The van der Waals surface area contributed by atoms with Crippen LogP contribution in [0.1, 0.15) is 60.3 Å². The molecule has 2 aliphatic rings. The minimum atomic E-state index is 0.195. The predicted molar refractivity (Wildman–Crippen MR) is 110 cm³/mol. The molecule has 2 rings (SSSR count). The molecule has 26 heavy (non-hydrogen) atoms. The van der Waals surface area contributed by atoms with Crippen LogP contribution in [0.4, 0.5) is 0 Å². The monoisotopic (exact) mass is 358 g/mol. The third-order valence-electron chi connectivity index (χ3n) is 4.81. The maximum Gasteiger partial charge on any atom is 0.219 e. The average molecular weight is 359 g/mol. The molecule has 0 aromatic heterocycles. The Bertz CT molecular complexity index is 528. The Morgan fingerprint density at radius 2 is 1.19 bits per heavy atom. The van der Waals surface area contributed by atoms with Gasteiger partial charge in [-0.05, 0) is 45.8 Å². The molecule has 0 unspecified atom stereocenters. The first kappa shape index (κ1) is 22.6. The largest absolute Gasteiger partial charge is 0.343 e. The van der Waals surface area contributed by atoms with E-state index in [-0.39, 0.29) is 5.91 Å². The second-order valence-corrected chi connectivity index (χ2v) is 8.24. The fourth-order valence-corrected chi connectivity index (χ4v) is 3.06. The van der Waals surface area contributed by atoms with Gasteiger partial charge < -0.3 is 9.80 Å². The lowest BCUT2D eigenvalue weighted by Gasteiger charge is -2.28. The van der Waals surface area contributed by atoms with Crippen LogP contribution in [-0.2, 0) is 4.79 Å². The standard InChI is InChI=1S/C12H19NO.C11H19N/c1-10(2)4-5-12-6-8-13(9-7-12)11(3)14;1-10(2)4-5-11-6-8-12(3)9-7-11/h10,12H,6-9H2,1-3H3;10-11H,6-9H2,1-3H3. The summed E-state index contributed by atoms with van der Waals surface area (Å²) in [5.41, 5.74) is 0. The van der Waals surface area contributed by atoms with Crippen molar-refractivity contribution in [2.45, 2.75) is 60.3 Å². The van der Waals surface area contributed by atoms with Crippen molar-refractivity contribution in [3.63, 3.8) is 0 Å². The van der Waals surface area contributed by atoms with Gasteiger partial charge in [-0.15, -0.1) is 11.8 Å². The molecule has 0 aromatic rings. The van der Waals surface area contributed by atoms with Gasteiger partial charge in [0.05, 0.1) is 0 Å². The SMILES string of the molecule is CC(=O)N1CCC(C#CC(C)C)CC1.CC(C)C#CC1CCN(C)CC1. The summed E-state index contributed by atoms with van der Waals surface area (Å²) in [6.07, 6.45) is 4.60. The van der Waals surface area contributed by atoms with Crippen LogP contribution in [0.2, 0.25) is 0 Å². The zero-order valence-corrected chi connectivity index (χ0v) is 17.8. The van der Waals surface area contributed by atoms with Crippen LogP contribution in [0.3, 0.4) is 0 Å². The van der Waals surface area contributed by atoms with E-state index in [1.54, 1.807) is 6.92 Å². The van der Waals surface area contributed by atoms with Gasteiger partial charge in [-0.25, -0.2) is 0 Å². The average Bonchev–Trinajstić information content (AvgIpc) is 2.60. The lowest BCUT2D eigenvalue weighted by molar-refractivity contribution is -0.129. The van der Waals surface area contributed by atoms with Crippen LogP contribution in [0, 0.1) is 47.4 Å². The molecule has 0 saturated carbocycles. The first-order chi connectivity index (χ1) is 12.3. The van der Waals surface area contributed by atoms with E-state index in [0.29, 0.717) is 23.7 Å². The highest BCUT2D eigenvalue weighted by atomic mass is 16.2. The lowest BCUT2D eigenvalue weighted by Crippen LogP contribution is -2.36. The molecule has 3 heteroatoms. The van der Waals surface area contributed by atoms with Crippen LogP contribution in [0.25, 0.3) is 0 Å². The molecule has 0 aliphatic carbocycles. The van der Waals surface area contributed by atoms with Crippen molar-refractivity contribution >= 4 is 5.91 Å². The number of hydrogen-bond acceptors (Lipinski definition) is 2. The molecule has 2 saturated heterocycles. The van der Waals surface area contributed by atoms with E-state index in [2.05, 4.69) is 63.3 Å². The predicted octanol–water partition coefficient (Wildman–Crippen LogP) is 3.89. The van der Waals surface area contributed by atoms with E-state index >= 15 is 0 Å². The Hall–Kier alpha value is -1.45. The summed E-state index contributed by atoms with van der Waals surface area (Å²) < 4.78 is 0. The number of nitrogens with zero attached hydrogens (tertiary/aromatic N) is 2. The van der Waals surface area contributed by atoms with Gasteiger partial charge in [0.15, 0.2) is 0 Å². The van der Waals surface area contributed by atoms with Crippen molar-refractivity contribution in [2.75, 3.05) is 33.2 Å². The van der Waals surface area contributed by atoms with Crippen LogP contribution in [0.15, 0.2) is 0 Å². The molecular formula is C23H38N2O. The minimum absolute atomic E-state index is 0.195. The molecule has 2 aliphatic heterocycles. The summed E-state index contributed by atoms with van der Waals surface area (Å²) in [5.74, 6) is 15.5. The second-order valence-electron chi connectivity index (χ2n) is 8.24. The molecule has 0 aromatic carbocycles. The fourth-order valence-electron chi connectivity index (χ4n) is 3.06. The molecular weight excluding hydrogens is 320 g/mol. The van der Waals surface area contributed by atoms with Gasteiger partial charge in [0.2, 0.25) is 5.91 Å². The zero-order valence-electron chi connectivity index (χ0n) is 17.8. The smallest absolute Gasteiger partial charge is 0.219 e. The molecule has 1 amide bonds. The van der Waals surface area contributed by atoms with Crippen LogP contribution >= 0.6 is 0 Å². The Labute approximate surface area is 161 Å². The highest BCUT2D eigenvalue weighted by molar-refractivity contribution is 5.73. The van der Waals surface area contributed by atoms with Crippen molar-refractivity contribution in [3.8, 4) is 23.7 Å². The van der Waals surface area contributed by atoms with E-state index in [4.69, 9.17) is 0 Å². The first-order valence-electron chi connectivity index (χ1n) is 10.2. The van der Waals surface area contributed by atoms with Crippen LogP contribution in [0.5, 0.6) is 0 Å². The number of hydrogen-bond donors (Lipinski definition) is 0. The molecule has 0 spiro atoms. The van der Waals surface area contributed by atoms with Gasteiger partial charge in [0.25, 0.3) is 0 Å². The molecule has 0 bridgehead atoms. The molecule has 0 N–H and O–H groups in total. The highest BCUT2D eigenvalue weighted by Crippen LogP contribution is 2.16. The quantitative estimate of drug-likeness (QED) is 0.613. The molecule has 2 heterocycles. The topological polar surface area (TPSA) is 23.6 Å². The van der Waals surface area contributed by atoms with Crippen molar-refractivity contribution in [1.82, 2.24) is 9.80 Å². The Morgan fingerprint density at radius 1 is 0.808 bits per heavy atom. The summed E-state index contributed by atoms with van der Waals surface area (Å²) in [7, 11) is 2.19. The fraction of sp³-hybridized carbons (Fsp3) is 0.783. The second kappa shape index (κ2) is 12.0. The van der Waals surface area contributed by atoms with Crippen molar-refractivity contribution in [2.24, 2.45) is 23.7 Å². The Morgan fingerprint density at radius 3 is 1.54 bits per heavy atom. The maximum atomic E-state index is 11.1. The highest BCUT2D eigenvalue weighted by Gasteiger charge is 2.18. The van der Waals surface area contributed by atoms with Crippen molar-refractivity contribution < 1.29 is 4.79 Å². The van der Waals surface area contributed by atoms with Crippen LogP contribution in [-0.4, -0.2) is 48.9 Å². The summed E-state index contributed by atoms with van der Waals surface area (Å²) >= 11 is 0. The number of carbonyl (C=O) groups excluding carboxylic acids is 1. The van der Waals surface area contributed by atoms with E-state index in [1.807, 2.05) is 4.90 Å². The maximum absolute atomic E-state index is 11.1. The Balaban J connectivity index is 0.000000263. The number of piperidine rings is 2. The molecule has 3 nitrogen and oxygen atoms in total. The number of likely N-dealkylation sites (tertiary alicyclic amines) is 2. The lowest BCUT2D eigenvalue weighted by atomic mass is 9.97. The van der Waals surface area contributed by atoms with Gasteiger partial charge in [-0.3, -0.25) is 4.79 Å². The van der Waals surface area contributed by atoms with Gasteiger partial charge in [-0.1, -0.05) is 39.5 Å². The Kier molecular flexibility index (Phi) is 10.5. The normalized spacial score (nSPS) is 19.2. The zero-order chi connectivity index (χ0) is 19.5. The third kappa shape index (κ3) is 9.88. The number of carbonyl (C=O) groups is 1. The van der Waals surface area contributed by atoms with E-state index < -0.39 is 0 Å². The van der Waals surface area contributed by atoms with E-state index in [0.717, 1.165) is 25.9 Å². The molecule has 146 valence electrons. The molecule has 0 atom stereocenters. The minimum Gasteiger partial charge on any atom is -0.343 e. The van der Waals surface area contributed by atoms with Gasteiger partial charge in [0.1, 0.15) is 0 Å². The van der Waals surface area contributed by atoms with E-state index in [1.165, 1.54) is 25.9 Å². The van der Waals surface area contributed by atoms with Gasteiger partial charge >= 0.3 is 0 Å². The van der Waals surface area contributed by atoms with Gasteiger partial charge in [0, 0.05) is 43.7 Å². The number of amides is 1. The van der Waals surface area contributed by atoms with Crippen molar-refractivity contribution in [1.29, 1.82) is 0 Å². The van der Waals surface area contributed by atoms with E-state index in [9.17, 15) is 4.79 Å². The van der Waals surface area contributed by atoms with Crippen molar-refractivity contribution in [3.05, 3.63) is 0 Å². The van der Waals surface area contributed by atoms with Crippen LogP contribution < -0.4 is 0 Å². The molecule has 2 fully saturated rings. The molecule has 0 radical (unpaired) electrons.